The number of nitrogens with one attached hydrogen (secondary N) is 1. The van der Waals surface area contributed by atoms with Crippen LogP contribution in [0.15, 0.2) is 48.5 Å². The van der Waals surface area contributed by atoms with Gasteiger partial charge in [0.25, 0.3) is 5.91 Å². The van der Waals surface area contributed by atoms with Crippen molar-refractivity contribution >= 4 is 17.5 Å². The molecule has 0 aliphatic carbocycles. The van der Waals surface area contributed by atoms with Gasteiger partial charge in [-0.1, -0.05) is 6.07 Å². The molecule has 23 heavy (non-hydrogen) atoms. The number of nitrogens with zero attached hydrogens (tertiary/aromatic N) is 1. The highest BCUT2D eigenvalue weighted by atomic mass is 19.1. The Hall–Kier alpha value is -2.89. The molecule has 0 spiro atoms. The van der Waals surface area contributed by atoms with E-state index in [1.165, 1.54) is 30.1 Å². The van der Waals surface area contributed by atoms with Crippen molar-refractivity contribution < 1.29 is 18.7 Å². The second kappa shape index (κ2) is 7.40. The monoisotopic (exact) mass is 316 g/mol. The van der Waals surface area contributed by atoms with Gasteiger partial charge in [-0.3, -0.25) is 9.59 Å². The van der Waals surface area contributed by atoms with E-state index >= 15 is 0 Å². The van der Waals surface area contributed by atoms with Gasteiger partial charge in [-0.05, 0) is 42.5 Å². The van der Waals surface area contributed by atoms with E-state index in [-0.39, 0.29) is 12.5 Å². The highest BCUT2D eigenvalue weighted by Gasteiger charge is 2.15. The van der Waals surface area contributed by atoms with E-state index in [1.54, 1.807) is 37.4 Å². The Morgan fingerprint density at radius 2 is 1.87 bits per heavy atom. The van der Waals surface area contributed by atoms with Crippen molar-refractivity contribution in [2.75, 3.05) is 26.0 Å². The third-order valence-corrected chi connectivity index (χ3v) is 3.17. The van der Waals surface area contributed by atoms with Crippen molar-refractivity contribution in [3.05, 3.63) is 59.9 Å². The predicted molar refractivity (Wildman–Crippen MR) is 85.0 cm³/mol. The summed E-state index contributed by atoms with van der Waals surface area (Å²) in [6.07, 6.45) is 0. The van der Waals surface area contributed by atoms with Crippen LogP contribution < -0.4 is 10.1 Å². The molecule has 0 saturated heterocycles. The number of methoxy groups -OCH3 is 1. The number of rotatable bonds is 5. The molecule has 6 heteroatoms. The minimum Gasteiger partial charge on any atom is -0.497 e. The summed E-state index contributed by atoms with van der Waals surface area (Å²) in [6, 6.07) is 12.2. The lowest BCUT2D eigenvalue weighted by molar-refractivity contribution is -0.116. The molecule has 2 amide bonds. The van der Waals surface area contributed by atoms with E-state index in [9.17, 15) is 14.0 Å². The van der Waals surface area contributed by atoms with Crippen LogP contribution in [-0.2, 0) is 4.79 Å². The van der Waals surface area contributed by atoms with Gasteiger partial charge < -0.3 is 15.0 Å². The molecule has 1 N–H and O–H groups in total. The first-order valence-electron chi connectivity index (χ1n) is 6.94. The first kappa shape index (κ1) is 16.5. The molecule has 2 rings (SSSR count). The standard InChI is InChI=1S/C17H17FN2O3/c1-20(17(22)12-6-8-15(23-2)9-7-12)11-16(21)19-14-5-3-4-13(18)10-14/h3-10H,11H2,1-2H3,(H,19,21). The number of likely N-dealkylation sites (N-methyl/N-ethyl adjacent to an activating group) is 1. The van der Waals surface area contributed by atoms with E-state index < -0.39 is 11.7 Å². The average molecular weight is 316 g/mol. The Morgan fingerprint density at radius 1 is 1.17 bits per heavy atom. The van der Waals surface area contributed by atoms with Gasteiger partial charge in [-0.2, -0.15) is 0 Å². The molecular weight excluding hydrogens is 299 g/mol. The fourth-order valence-corrected chi connectivity index (χ4v) is 2.01. The fourth-order valence-electron chi connectivity index (χ4n) is 2.01. The Kier molecular flexibility index (Phi) is 5.30. The molecule has 0 aliphatic rings. The average Bonchev–Trinajstić information content (AvgIpc) is 2.54. The predicted octanol–water partition coefficient (Wildman–Crippen LogP) is 2.55. The fraction of sp³-hybridized carbons (Fsp3) is 0.176. The maximum atomic E-state index is 13.1. The van der Waals surface area contributed by atoms with Gasteiger partial charge in [0.2, 0.25) is 5.91 Å². The summed E-state index contributed by atoms with van der Waals surface area (Å²) < 4.78 is 18.1. The lowest BCUT2D eigenvalue weighted by Crippen LogP contribution is -2.34. The smallest absolute Gasteiger partial charge is 0.254 e. The number of hydrogen-bond donors (Lipinski definition) is 1. The van der Waals surface area contributed by atoms with Crippen LogP contribution in [0.3, 0.4) is 0 Å². The molecule has 0 saturated carbocycles. The van der Waals surface area contributed by atoms with Crippen LogP contribution in [0.25, 0.3) is 0 Å². The van der Waals surface area contributed by atoms with Crippen molar-refractivity contribution in [1.29, 1.82) is 0 Å². The van der Waals surface area contributed by atoms with Crippen molar-refractivity contribution in [1.82, 2.24) is 4.90 Å². The summed E-state index contributed by atoms with van der Waals surface area (Å²) in [4.78, 5) is 25.4. The van der Waals surface area contributed by atoms with E-state index in [1.807, 2.05) is 0 Å². The second-order valence-electron chi connectivity index (χ2n) is 4.95. The molecule has 5 nitrogen and oxygen atoms in total. The molecule has 0 bridgehead atoms. The molecule has 0 atom stereocenters. The Labute approximate surface area is 133 Å². The van der Waals surface area contributed by atoms with Gasteiger partial charge in [0.05, 0.1) is 13.7 Å². The summed E-state index contributed by atoms with van der Waals surface area (Å²) >= 11 is 0. The summed E-state index contributed by atoms with van der Waals surface area (Å²) in [5.74, 6) is -0.486. The highest BCUT2D eigenvalue weighted by Crippen LogP contribution is 2.13. The van der Waals surface area contributed by atoms with Crippen LogP contribution >= 0.6 is 0 Å². The number of ether oxygens (including phenoxy) is 1. The lowest BCUT2D eigenvalue weighted by Gasteiger charge is -2.17. The zero-order valence-corrected chi connectivity index (χ0v) is 12.9. The highest BCUT2D eigenvalue weighted by molar-refractivity contribution is 5.99. The number of amides is 2. The number of hydrogen-bond acceptors (Lipinski definition) is 3. The Morgan fingerprint density at radius 3 is 2.48 bits per heavy atom. The first-order chi connectivity index (χ1) is 11.0. The van der Waals surface area contributed by atoms with Gasteiger partial charge in [0.1, 0.15) is 11.6 Å². The normalized spacial score (nSPS) is 10.0. The van der Waals surface area contributed by atoms with Crippen LogP contribution in [0.2, 0.25) is 0 Å². The summed E-state index contributed by atoms with van der Waals surface area (Å²) in [6.45, 7) is -0.138. The third-order valence-electron chi connectivity index (χ3n) is 3.17. The molecule has 0 radical (unpaired) electrons. The van der Waals surface area contributed by atoms with E-state index in [0.29, 0.717) is 17.0 Å². The van der Waals surface area contributed by atoms with Gasteiger partial charge in [0, 0.05) is 18.3 Å². The van der Waals surface area contributed by atoms with Crippen LogP contribution in [0.5, 0.6) is 5.75 Å². The molecule has 0 heterocycles. The van der Waals surface area contributed by atoms with Crippen molar-refractivity contribution in [2.24, 2.45) is 0 Å². The van der Waals surface area contributed by atoms with Gasteiger partial charge in [-0.15, -0.1) is 0 Å². The zero-order chi connectivity index (χ0) is 16.8. The minimum atomic E-state index is -0.439. The summed E-state index contributed by atoms with van der Waals surface area (Å²) in [7, 11) is 3.07. The Bertz CT molecular complexity index is 701. The SMILES string of the molecule is COc1ccc(C(=O)N(C)CC(=O)Nc2cccc(F)c2)cc1. The van der Waals surface area contributed by atoms with Gasteiger partial charge >= 0.3 is 0 Å². The van der Waals surface area contributed by atoms with Crippen LogP contribution in [0.1, 0.15) is 10.4 Å². The van der Waals surface area contributed by atoms with Crippen LogP contribution in [-0.4, -0.2) is 37.4 Å². The topological polar surface area (TPSA) is 58.6 Å². The quantitative estimate of drug-likeness (QED) is 0.922. The molecule has 0 aromatic heterocycles. The molecule has 0 fully saturated rings. The summed E-state index contributed by atoms with van der Waals surface area (Å²) in [5.41, 5.74) is 0.798. The third kappa shape index (κ3) is 4.54. The number of carbonyl (C=O) groups is 2. The number of halogens is 1. The largest absolute Gasteiger partial charge is 0.497 e. The zero-order valence-electron chi connectivity index (χ0n) is 12.9. The molecule has 120 valence electrons. The van der Waals surface area contributed by atoms with Crippen molar-refractivity contribution in [3.8, 4) is 5.75 Å². The first-order valence-corrected chi connectivity index (χ1v) is 6.94. The van der Waals surface area contributed by atoms with Crippen molar-refractivity contribution in [2.45, 2.75) is 0 Å². The van der Waals surface area contributed by atoms with Gasteiger partial charge in [-0.25, -0.2) is 4.39 Å². The molecule has 0 unspecified atom stereocenters. The minimum absolute atomic E-state index is 0.138. The van der Waals surface area contributed by atoms with Crippen LogP contribution in [0, 0.1) is 5.82 Å². The maximum Gasteiger partial charge on any atom is 0.254 e. The number of benzene rings is 2. The van der Waals surface area contributed by atoms with Gasteiger partial charge in [0.15, 0.2) is 0 Å². The van der Waals surface area contributed by atoms with Crippen molar-refractivity contribution in [3.63, 3.8) is 0 Å². The summed E-state index contributed by atoms with van der Waals surface area (Å²) in [5, 5.41) is 2.55. The molecule has 0 aliphatic heterocycles. The van der Waals surface area contributed by atoms with E-state index in [0.717, 1.165) is 0 Å². The lowest BCUT2D eigenvalue weighted by atomic mass is 10.2. The second-order valence-corrected chi connectivity index (χ2v) is 4.95. The maximum absolute atomic E-state index is 13.1. The molecule has 2 aromatic rings. The number of anilines is 1. The molecule has 2 aromatic carbocycles. The molecular formula is C17H17FN2O3. The van der Waals surface area contributed by atoms with E-state index in [2.05, 4.69) is 5.32 Å². The van der Waals surface area contributed by atoms with Crippen LogP contribution in [0.4, 0.5) is 10.1 Å². The number of carbonyl (C=O) groups excluding carboxylic acids is 2. The van der Waals surface area contributed by atoms with E-state index in [4.69, 9.17) is 4.74 Å². The Balaban J connectivity index is 1.95.